The maximum atomic E-state index is 11.6. The highest BCUT2D eigenvalue weighted by molar-refractivity contribution is 5.92. The summed E-state index contributed by atoms with van der Waals surface area (Å²) in [5.74, 6) is -0.627. The molecule has 6 nitrogen and oxygen atoms in total. The van der Waals surface area contributed by atoms with Crippen molar-refractivity contribution in [1.82, 2.24) is 0 Å². The number of carbonyl (C=O) groups is 1. The molecule has 0 spiro atoms. The van der Waals surface area contributed by atoms with Gasteiger partial charge in [-0.25, -0.2) is 4.79 Å². The van der Waals surface area contributed by atoms with E-state index in [9.17, 15) is 20.0 Å². The van der Waals surface area contributed by atoms with Crippen LogP contribution in [0, 0.1) is 10.1 Å². The molecule has 1 aromatic rings. The molecule has 18 heavy (non-hydrogen) atoms. The number of carbonyl (C=O) groups excluding carboxylic acids is 1. The highest BCUT2D eigenvalue weighted by Crippen LogP contribution is 2.41. The number of aliphatic hydroxyl groups is 1. The average Bonchev–Trinajstić information content (AvgIpc) is 3.06. The predicted molar refractivity (Wildman–Crippen MR) is 62.3 cm³/mol. The van der Waals surface area contributed by atoms with Crippen molar-refractivity contribution in [3.63, 3.8) is 0 Å². The zero-order valence-corrected chi connectivity index (χ0v) is 9.88. The van der Waals surface area contributed by atoms with Gasteiger partial charge in [0.2, 0.25) is 0 Å². The zero-order chi connectivity index (χ0) is 13.3. The molecule has 6 heteroatoms. The van der Waals surface area contributed by atoms with Crippen molar-refractivity contribution in [2.45, 2.75) is 24.9 Å². The molecule has 0 unspecified atom stereocenters. The van der Waals surface area contributed by atoms with Crippen LogP contribution in [0.4, 0.5) is 5.69 Å². The molecular weight excluding hydrogens is 238 g/mol. The molecule has 96 valence electrons. The van der Waals surface area contributed by atoms with E-state index in [-0.39, 0.29) is 23.2 Å². The number of ether oxygens (including phenoxy) is 1. The lowest BCUT2D eigenvalue weighted by atomic mass is 9.98. The van der Waals surface area contributed by atoms with Crippen LogP contribution in [0.3, 0.4) is 0 Å². The first-order chi connectivity index (χ1) is 8.47. The number of esters is 1. The Bertz CT molecular complexity index is 507. The third-order valence-corrected chi connectivity index (χ3v) is 3.09. The second-order valence-corrected chi connectivity index (χ2v) is 4.45. The Kier molecular flexibility index (Phi) is 3.04. The van der Waals surface area contributed by atoms with E-state index in [1.165, 1.54) is 25.3 Å². The van der Waals surface area contributed by atoms with Crippen molar-refractivity contribution in [2.75, 3.05) is 7.11 Å². The SMILES string of the molecule is COC(=O)c1cccc([N+](=O)[O-])c1CC1(O)CC1. The molecule has 0 aromatic heterocycles. The van der Waals surface area contributed by atoms with Crippen LogP contribution in [0.5, 0.6) is 0 Å². The molecule has 1 aromatic carbocycles. The van der Waals surface area contributed by atoms with E-state index >= 15 is 0 Å². The third kappa shape index (κ3) is 2.33. The van der Waals surface area contributed by atoms with Gasteiger partial charge in [-0.05, 0) is 18.9 Å². The topological polar surface area (TPSA) is 89.7 Å². The van der Waals surface area contributed by atoms with Crippen LogP contribution in [0.1, 0.15) is 28.8 Å². The molecule has 1 saturated carbocycles. The van der Waals surface area contributed by atoms with Crippen LogP contribution in [-0.2, 0) is 11.2 Å². The highest BCUT2D eigenvalue weighted by atomic mass is 16.6. The first kappa shape index (κ1) is 12.5. The summed E-state index contributed by atoms with van der Waals surface area (Å²) < 4.78 is 4.60. The van der Waals surface area contributed by atoms with Gasteiger partial charge in [-0.15, -0.1) is 0 Å². The number of benzene rings is 1. The van der Waals surface area contributed by atoms with Crippen molar-refractivity contribution < 1.29 is 19.6 Å². The molecule has 1 N–H and O–H groups in total. The normalized spacial score (nSPS) is 16.1. The molecule has 0 atom stereocenters. The van der Waals surface area contributed by atoms with Crippen LogP contribution >= 0.6 is 0 Å². The van der Waals surface area contributed by atoms with Gasteiger partial charge in [0.15, 0.2) is 0 Å². The molecule has 1 fully saturated rings. The number of rotatable bonds is 4. The summed E-state index contributed by atoms with van der Waals surface area (Å²) in [6.07, 6.45) is 1.30. The Morgan fingerprint density at radius 2 is 2.22 bits per heavy atom. The van der Waals surface area contributed by atoms with Gasteiger partial charge in [0, 0.05) is 18.1 Å². The number of nitro benzene ring substituents is 1. The van der Waals surface area contributed by atoms with Crippen molar-refractivity contribution in [3.05, 3.63) is 39.4 Å². The van der Waals surface area contributed by atoms with Gasteiger partial charge in [0.25, 0.3) is 5.69 Å². The minimum Gasteiger partial charge on any atom is -0.465 e. The van der Waals surface area contributed by atoms with Crippen molar-refractivity contribution in [1.29, 1.82) is 0 Å². The van der Waals surface area contributed by atoms with Crippen LogP contribution < -0.4 is 0 Å². The average molecular weight is 251 g/mol. The van der Waals surface area contributed by atoms with E-state index in [1.54, 1.807) is 0 Å². The number of methoxy groups -OCH3 is 1. The van der Waals surface area contributed by atoms with Crippen molar-refractivity contribution >= 4 is 11.7 Å². The van der Waals surface area contributed by atoms with E-state index in [4.69, 9.17) is 0 Å². The van der Waals surface area contributed by atoms with Gasteiger partial charge in [-0.1, -0.05) is 6.07 Å². The molecule has 2 rings (SSSR count). The fourth-order valence-corrected chi connectivity index (χ4v) is 1.88. The first-order valence-electron chi connectivity index (χ1n) is 5.54. The van der Waals surface area contributed by atoms with Gasteiger partial charge < -0.3 is 9.84 Å². The van der Waals surface area contributed by atoms with Crippen LogP contribution in [0.25, 0.3) is 0 Å². The smallest absolute Gasteiger partial charge is 0.338 e. The number of hydrogen-bond donors (Lipinski definition) is 1. The fraction of sp³-hybridized carbons (Fsp3) is 0.417. The predicted octanol–water partition coefficient (Wildman–Crippen LogP) is 1.45. The summed E-state index contributed by atoms with van der Waals surface area (Å²) >= 11 is 0. The lowest BCUT2D eigenvalue weighted by Crippen LogP contribution is -2.16. The zero-order valence-electron chi connectivity index (χ0n) is 9.88. The molecule has 0 heterocycles. The lowest BCUT2D eigenvalue weighted by Gasteiger charge is -2.11. The summed E-state index contributed by atoms with van der Waals surface area (Å²) in [4.78, 5) is 22.0. The van der Waals surface area contributed by atoms with Gasteiger partial charge in [0.1, 0.15) is 0 Å². The summed E-state index contributed by atoms with van der Waals surface area (Å²) in [5.41, 5.74) is -0.672. The third-order valence-electron chi connectivity index (χ3n) is 3.09. The number of nitro groups is 1. The van der Waals surface area contributed by atoms with Crippen molar-refractivity contribution in [3.8, 4) is 0 Å². The Balaban J connectivity index is 2.48. The molecule has 1 aliphatic rings. The fourth-order valence-electron chi connectivity index (χ4n) is 1.88. The minimum absolute atomic E-state index is 0.106. The molecule has 0 radical (unpaired) electrons. The maximum absolute atomic E-state index is 11.6. The summed E-state index contributed by atoms with van der Waals surface area (Å²) in [6.45, 7) is 0. The Morgan fingerprint density at radius 3 is 2.72 bits per heavy atom. The number of hydrogen-bond acceptors (Lipinski definition) is 5. The maximum Gasteiger partial charge on any atom is 0.338 e. The van der Waals surface area contributed by atoms with E-state index in [2.05, 4.69) is 4.74 Å². The highest BCUT2D eigenvalue weighted by Gasteiger charge is 2.42. The van der Waals surface area contributed by atoms with E-state index in [0.717, 1.165) is 0 Å². The quantitative estimate of drug-likeness (QED) is 0.497. The van der Waals surface area contributed by atoms with Crippen LogP contribution in [-0.4, -0.2) is 28.7 Å². The Labute approximate surface area is 103 Å². The Morgan fingerprint density at radius 1 is 1.56 bits per heavy atom. The summed E-state index contributed by atoms with van der Waals surface area (Å²) in [5, 5.41) is 20.9. The van der Waals surface area contributed by atoms with Gasteiger partial charge >= 0.3 is 5.97 Å². The Hall–Kier alpha value is -1.95. The van der Waals surface area contributed by atoms with Crippen molar-refractivity contribution in [2.24, 2.45) is 0 Å². The standard InChI is InChI=1S/C12H13NO5/c1-18-11(14)8-3-2-4-10(13(16)17)9(8)7-12(15)5-6-12/h2-4,15H,5-7H2,1H3. The summed E-state index contributed by atoms with van der Waals surface area (Å²) in [7, 11) is 1.22. The number of nitrogens with zero attached hydrogens (tertiary/aromatic N) is 1. The molecule has 0 bridgehead atoms. The molecule has 0 aliphatic heterocycles. The largest absolute Gasteiger partial charge is 0.465 e. The molecule has 0 amide bonds. The lowest BCUT2D eigenvalue weighted by molar-refractivity contribution is -0.385. The molecular formula is C12H13NO5. The van der Waals surface area contributed by atoms with Gasteiger partial charge in [0.05, 0.1) is 23.2 Å². The van der Waals surface area contributed by atoms with E-state index < -0.39 is 16.5 Å². The second kappa shape index (κ2) is 4.38. The first-order valence-corrected chi connectivity index (χ1v) is 5.54. The second-order valence-electron chi connectivity index (χ2n) is 4.45. The van der Waals surface area contributed by atoms with E-state index in [0.29, 0.717) is 12.8 Å². The van der Waals surface area contributed by atoms with E-state index in [1.807, 2.05) is 0 Å². The molecule has 0 saturated heterocycles. The minimum atomic E-state index is -0.908. The van der Waals surface area contributed by atoms with Crippen LogP contribution in [0.15, 0.2) is 18.2 Å². The van der Waals surface area contributed by atoms with Gasteiger partial charge in [-0.2, -0.15) is 0 Å². The monoisotopic (exact) mass is 251 g/mol. The van der Waals surface area contributed by atoms with Crippen LogP contribution in [0.2, 0.25) is 0 Å². The van der Waals surface area contributed by atoms with Gasteiger partial charge in [-0.3, -0.25) is 10.1 Å². The molecule has 1 aliphatic carbocycles. The summed E-state index contributed by atoms with van der Waals surface area (Å²) in [6, 6.07) is 4.23.